The number of carbonyl (C=O) groups is 2. The Bertz CT molecular complexity index is 577. The van der Waals surface area contributed by atoms with Crippen LogP contribution in [-0.4, -0.2) is 47.4 Å². The highest BCUT2D eigenvalue weighted by atomic mass is 16.4. The fourth-order valence-corrected chi connectivity index (χ4v) is 2.54. The van der Waals surface area contributed by atoms with Gasteiger partial charge in [0, 0.05) is 37.2 Å². The summed E-state index contributed by atoms with van der Waals surface area (Å²) in [7, 11) is 0. The van der Waals surface area contributed by atoms with Gasteiger partial charge in [-0.1, -0.05) is 17.3 Å². The Kier molecular flexibility index (Phi) is 5.96. The lowest BCUT2D eigenvalue weighted by Crippen LogP contribution is -2.37. The van der Waals surface area contributed by atoms with E-state index in [1.54, 1.807) is 24.3 Å². The van der Waals surface area contributed by atoms with Crippen LogP contribution in [0.3, 0.4) is 0 Å². The van der Waals surface area contributed by atoms with E-state index in [2.05, 4.69) is 10.5 Å². The number of amidine groups is 1. The third-order valence-electron chi connectivity index (χ3n) is 3.88. The standard InChI is InChI=1S/C16H22N4O3/c17-15(19-23)12-4-6-13(7-5-12)16(22)18-9-8-14(21)20-10-2-1-3-11-20/h4-7,23H,1-3,8-11H2,(H2,17,19)(H,18,22). The molecular weight excluding hydrogens is 296 g/mol. The van der Waals surface area contributed by atoms with E-state index in [0.29, 0.717) is 24.1 Å². The van der Waals surface area contributed by atoms with Crippen LogP contribution in [0.1, 0.15) is 41.6 Å². The number of carbonyl (C=O) groups excluding carboxylic acids is 2. The highest BCUT2D eigenvalue weighted by Crippen LogP contribution is 2.09. The average molecular weight is 318 g/mol. The second-order valence-electron chi connectivity index (χ2n) is 5.51. The lowest BCUT2D eigenvalue weighted by atomic mass is 10.1. The lowest BCUT2D eigenvalue weighted by molar-refractivity contribution is -0.131. The molecule has 7 nitrogen and oxygen atoms in total. The number of nitrogens with one attached hydrogen (secondary N) is 1. The molecule has 0 aliphatic carbocycles. The summed E-state index contributed by atoms with van der Waals surface area (Å²) in [5.74, 6) is -0.168. The maximum atomic E-state index is 12.0. The first-order valence-corrected chi connectivity index (χ1v) is 7.76. The van der Waals surface area contributed by atoms with Crippen LogP contribution in [0.5, 0.6) is 0 Å². The minimum absolute atomic E-state index is 0.0101. The van der Waals surface area contributed by atoms with Crippen LogP contribution < -0.4 is 11.1 Å². The van der Waals surface area contributed by atoms with Gasteiger partial charge in [-0.3, -0.25) is 9.59 Å². The topological polar surface area (TPSA) is 108 Å². The van der Waals surface area contributed by atoms with E-state index in [1.807, 2.05) is 4.90 Å². The van der Waals surface area contributed by atoms with Gasteiger partial charge in [0.25, 0.3) is 5.91 Å². The van der Waals surface area contributed by atoms with Gasteiger partial charge < -0.3 is 21.2 Å². The summed E-state index contributed by atoms with van der Waals surface area (Å²) < 4.78 is 0. The SMILES string of the molecule is NC(=NO)c1ccc(C(=O)NCCC(=O)N2CCCCC2)cc1. The summed E-state index contributed by atoms with van der Waals surface area (Å²) >= 11 is 0. The number of oxime groups is 1. The molecule has 1 fully saturated rings. The van der Waals surface area contributed by atoms with Gasteiger partial charge >= 0.3 is 0 Å². The summed E-state index contributed by atoms with van der Waals surface area (Å²) in [4.78, 5) is 25.9. The van der Waals surface area contributed by atoms with Crippen molar-refractivity contribution in [1.82, 2.24) is 10.2 Å². The first-order valence-electron chi connectivity index (χ1n) is 7.76. The molecule has 1 saturated heterocycles. The quantitative estimate of drug-likeness (QED) is 0.324. The molecule has 2 amide bonds. The van der Waals surface area contributed by atoms with Crippen LogP contribution in [0, 0.1) is 0 Å². The molecule has 2 rings (SSSR count). The molecule has 1 aromatic carbocycles. The number of rotatable bonds is 5. The van der Waals surface area contributed by atoms with Crippen LogP contribution in [0.2, 0.25) is 0 Å². The largest absolute Gasteiger partial charge is 0.409 e. The zero-order valence-electron chi connectivity index (χ0n) is 13.0. The number of nitrogens with zero attached hydrogens (tertiary/aromatic N) is 2. The summed E-state index contributed by atoms with van der Waals surface area (Å²) in [6, 6.07) is 6.38. The zero-order valence-corrected chi connectivity index (χ0v) is 13.0. The molecule has 0 radical (unpaired) electrons. The number of hydrogen-bond donors (Lipinski definition) is 3. The van der Waals surface area contributed by atoms with Crippen LogP contribution in [0.4, 0.5) is 0 Å². The molecule has 1 aliphatic rings. The van der Waals surface area contributed by atoms with E-state index < -0.39 is 0 Å². The Morgan fingerprint density at radius 1 is 1.13 bits per heavy atom. The third kappa shape index (κ3) is 4.70. The van der Waals surface area contributed by atoms with Crippen LogP contribution >= 0.6 is 0 Å². The highest BCUT2D eigenvalue weighted by molar-refractivity contribution is 5.99. The molecule has 23 heavy (non-hydrogen) atoms. The van der Waals surface area contributed by atoms with Gasteiger partial charge in [0.05, 0.1) is 0 Å². The van der Waals surface area contributed by atoms with Crippen molar-refractivity contribution in [3.63, 3.8) is 0 Å². The van der Waals surface area contributed by atoms with E-state index in [4.69, 9.17) is 10.9 Å². The summed E-state index contributed by atoms with van der Waals surface area (Å²) in [5.41, 5.74) is 6.46. The van der Waals surface area contributed by atoms with E-state index in [-0.39, 0.29) is 17.6 Å². The Hall–Kier alpha value is -2.57. The normalized spacial score (nSPS) is 15.3. The molecule has 1 aromatic rings. The number of amides is 2. The smallest absolute Gasteiger partial charge is 0.251 e. The van der Waals surface area contributed by atoms with Gasteiger partial charge in [-0.05, 0) is 31.4 Å². The number of piperidine rings is 1. The van der Waals surface area contributed by atoms with Crippen LogP contribution in [0.15, 0.2) is 29.4 Å². The van der Waals surface area contributed by atoms with Crippen molar-refractivity contribution in [3.05, 3.63) is 35.4 Å². The predicted molar refractivity (Wildman–Crippen MR) is 86.3 cm³/mol. The van der Waals surface area contributed by atoms with Crippen LogP contribution in [-0.2, 0) is 4.79 Å². The molecule has 0 spiro atoms. The van der Waals surface area contributed by atoms with Gasteiger partial charge in [0.15, 0.2) is 5.84 Å². The molecule has 7 heteroatoms. The van der Waals surface area contributed by atoms with Crippen molar-refractivity contribution in [3.8, 4) is 0 Å². The minimum atomic E-state index is -0.248. The maximum Gasteiger partial charge on any atom is 0.251 e. The molecule has 0 atom stereocenters. The molecule has 0 bridgehead atoms. The highest BCUT2D eigenvalue weighted by Gasteiger charge is 2.16. The molecule has 0 unspecified atom stereocenters. The molecule has 124 valence electrons. The third-order valence-corrected chi connectivity index (χ3v) is 3.88. The lowest BCUT2D eigenvalue weighted by Gasteiger charge is -2.26. The summed E-state index contributed by atoms with van der Waals surface area (Å²) in [5, 5.41) is 14.2. The first kappa shape index (κ1) is 16.8. The van der Waals surface area contributed by atoms with Gasteiger partial charge in [-0.2, -0.15) is 0 Å². The van der Waals surface area contributed by atoms with Crippen molar-refractivity contribution >= 4 is 17.6 Å². The van der Waals surface area contributed by atoms with Crippen molar-refractivity contribution in [2.24, 2.45) is 10.9 Å². The second kappa shape index (κ2) is 8.17. The number of likely N-dealkylation sites (tertiary alicyclic amines) is 1. The molecule has 1 aliphatic heterocycles. The van der Waals surface area contributed by atoms with E-state index in [9.17, 15) is 9.59 Å². The second-order valence-corrected chi connectivity index (χ2v) is 5.51. The summed E-state index contributed by atoms with van der Waals surface area (Å²) in [6.07, 6.45) is 3.62. The van der Waals surface area contributed by atoms with Crippen LogP contribution in [0.25, 0.3) is 0 Å². The average Bonchev–Trinajstić information content (AvgIpc) is 2.61. The van der Waals surface area contributed by atoms with Crippen molar-refractivity contribution in [1.29, 1.82) is 0 Å². The molecule has 0 saturated carbocycles. The van der Waals surface area contributed by atoms with Gasteiger partial charge in [-0.25, -0.2) is 0 Å². The number of hydrogen-bond acceptors (Lipinski definition) is 4. The minimum Gasteiger partial charge on any atom is -0.409 e. The fourth-order valence-electron chi connectivity index (χ4n) is 2.54. The van der Waals surface area contributed by atoms with Crippen molar-refractivity contribution in [2.45, 2.75) is 25.7 Å². The number of benzene rings is 1. The Morgan fingerprint density at radius 3 is 2.35 bits per heavy atom. The Morgan fingerprint density at radius 2 is 1.74 bits per heavy atom. The van der Waals surface area contributed by atoms with Gasteiger partial charge in [0.1, 0.15) is 0 Å². The summed E-state index contributed by atoms with van der Waals surface area (Å²) in [6.45, 7) is 1.96. The van der Waals surface area contributed by atoms with Crippen molar-refractivity contribution in [2.75, 3.05) is 19.6 Å². The predicted octanol–water partition coefficient (Wildman–Crippen LogP) is 0.913. The van der Waals surface area contributed by atoms with Gasteiger partial charge in [-0.15, -0.1) is 0 Å². The monoisotopic (exact) mass is 318 g/mol. The van der Waals surface area contributed by atoms with Gasteiger partial charge in [0.2, 0.25) is 5.91 Å². The van der Waals surface area contributed by atoms with E-state index in [0.717, 1.165) is 25.9 Å². The zero-order chi connectivity index (χ0) is 16.7. The Labute approximate surface area is 135 Å². The molecule has 1 heterocycles. The molecule has 0 aromatic heterocycles. The number of nitrogens with two attached hydrogens (primary N) is 1. The van der Waals surface area contributed by atoms with E-state index >= 15 is 0 Å². The van der Waals surface area contributed by atoms with Crippen molar-refractivity contribution < 1.29 is 14.8 Å². The molecule has 4 N–H and O–H groups in total. The molecular formula is C16H22N4O3. The van der Waals surface area contributed by atoms with E-state index in [1.165, 1.54) is 6.42 Å². The Balaban J connectivity index is 1.79. The first-order chi connectivity index (χ1) is 11.1. The maximum absolute atomic E-state index is 12.0. The fraction of sp³-hybridized carbons (Fsp3) is 0.438.